The maximum atomic E-state index is 5.82. The van der Waals surface area contributed by atoms with E-state index in [0.717, 1.165) is 16.6 Å². The summed E-state index contributed by atoms with van der Waals surface area (Å²) in [7, 11) is 0. The van der Waals surface area contributed by atoms with Gasteiger partial charge < -0.3 is 0 Å². The first-order valence-electron chi connectivity index (χ1n) is 4.24. The molecule has 1 aromatic carbocycles. The van der Waals surface area contributed by atoms with Crippen LogP contribution in [0.4, 0.5) is 0 Å². The van der Waals surface area contributed by atoms with E-state index in [-0.39, 0.29) is 0 Å². The summed E-state index contributed by atoms with van der Waals surface area (Å²) < 4.78 is 1.73. The molecular weight excluding hydrogens is 198 g/mol. The van der Waals surface area contributed by atoms with Crippen LogP contribution in [-0.2, 0) is 0 Å². The van der Waals surface area contributed by atoms with Crippen molar-refractivity contribution >= 4 is 28.2 Å². The van der Waals surface area contributed by atoms with Crippen molar-refractivity contribution in [3.8, 4) is 0 Å². The first kappa shape index (κ1) is 7.76. The van der Waals surface area contributed by atoms with Crippen molar-refractivity contribution in [1.29, 1.82) is 0 Å². The fourth-order valence-electron chi connectivity index (χ4n) is 1.52. The lowest BCUT2D eigenvalue weighted by Crippen LogP contribution is -1.87. The van der Waals surface area contributed by atoms with Crippen molar-refractivity contribution < 1.29 is 0 Å². The molecule has 0 aliphatic heterocycles. The van der Waals surface area contributed by atoms with Crippen molar-refractivity contribution in [2.45, 2.75) is 0 Å². The van der Waals surface area contributed by atoms with Crippen LogP contribution in [0.3, 0.4) is 0 Å². The smallest absolute Gasteiger partial charge is 0.164 e. The van der Waals surface area contributed by atoms with Crippen LogP contribution in [0.1, 0.15) is 0 Å². The first-order chi connectivity index (χ1) is 6.84. The van der Waals surface area contributed by atoms with E-state index in [2.05, 4.69) is 10.1 Å². The Morgan fingerprint density at radius 1 is 1.14 bits per heavy atom. The molecule has 3 nitrogen and oxygen atoms in total. The molecular formula is C10H6ClN3. The normalized spacial score (nSPS) is 11.2. The molecule has 14 heavy (non-hydrogen) atoms. The summed E-state index contributed by atoms with van der Waals surface area (Å²) in [5.41, 5.74) is 1.73. The molecule has 0 aliphatic rings. The van der Waals surface area contributed by atoms with Crippen LogP contribution in [-0.4, -0.2) is 14.6 Å². The third kappa shape index (κ3) is 0.992. The Bertz CT molecular complexity index is 615. The van der Waals surface area contributed by atoms with Crippen LogP contribution in [0.15, 0.2) is 36.5 Å². The van der Waals surface area contributed by atoms with E-state index >= 15 is 0 Å². The fourth-order valence-corrected chi connectivity index (χ4v) is 1.66. The van der Waals surface area contributed by atoms with Gasteiger partial charge in [0.2, 0.25) is 0 Å². The van der Waals surface area contributed by atoms with Crippen molar-refractivity contribution in [2.75, 3.05) is 0 Å². The lowest BCUT2D eigenvalue weighted by molar-refractivity contribution is 0.957. The SMILES string of the molecule is Clc1ccn2nc3ccccc3c2n1. The molecule has 0 amide bonds. The van der Waals surface area contributed by atoms with E-state index < -0.39 is 0 Å². The molecule has 0 aliphatic carbocycles. The monoisotopic (exact) mass is 203 g/mol. The van der Waals surface area contributed by atoms with Gasteiger partial charge in [0.1, 0.15) is 5.15 Å². The second kappa shape index (κ2) is 2.69. The minimum Gasteiger partial charge on any atom is -0.221 e. The zero-order valence-corrected chi connectivity index (χ0v) is 7.94. The lowest BCUT2D eigenvalue weighted by Gasteiger charge is -1.91. The highest BCUT2D eigenvalue weighted by Gasteiger charge is 2.04. The zero-order valence-electron chi connectivity index (χ0n) is 7.18. The number of benzene rings is 1. The number of rotatable bonds is 0. The minimum absolute atomic E-state index is 0.489. The second-order valence-electron chi connectivity index (χ2n) is 3.04. The quantitative estimate of drug-likeness (QED) is 0.526. The number of halogens is 1. The average molecular weight is 204 g/mol. The summed E-state index contributed by atoms with van der Waals surface area (Å²) in [5, 5.41) is 5.86. The molecule has 0 fully saturated rings. The van der Waals surface area contributed by atoms with Gasteiger partial charge in [-0.3, -0.25) is 0 Å². The molecule has 0 bridgehead atoms. The molecule has 0 saturated heterocycles. The Kier molecular flexibility index (Phi) is 1.49. The molecule has 68 valence electrons. The van der Waals surface area contributed by atoms with Gasteiger partial charge in [0.15, 0.2) is 5.65 Å². The number of fused-ring (bicyclic) bond motifs is 3. The van der Waals surface area contributed by atoms with Gasteiger partial charge in [-0.2, -0.15) is 5.10 Å². The highest BCUT2D eigenvalue weighted by Crippen LogP contribution is 2.18. The molecule has 0 spiro atoms. The first-order valence-corrected chi connectivity index (χ1v) is 4.62. The molecule has 0 atom stereocenters. The molecule has 4 heteroatoms. The van der Waals surface area contributed by atoms with Gasteiger partial charge in [-0.15, -0.1) is 0 Å². The summed E-state index contributed by atoms with van der Waals surface area (Å²) in [6.45, 7) is 0. The van der Waals surface area contributed by atoms with Gasteiger partial charge in [0.05, 0.1) is 5.52 Å². The summed E-state index contributed by atoms with van der Waals surface area (Å²) in [6, 6.07) is 9.59. The number of hydrogen-bond donors (Lipinski definition) is 0. The van der Waals surface area contributed by atoms with Crippen LogP contribution in [0.25, 0.3) is 16.6 Å². The third-order valence-corrected chi connectivity index (χ3v) is 2.35. The average Bonchev–Trinajstić information content (AvgIpc) is 2.56. The molecule has 0 saturated carbocycles. The summed E-state index contributed by atoms with van der Waals surface area (Å²) in [6.07, 6.45) is 1.81. The van der Waals surface area contributed by atoms with E-state index in [1.807, 2.05) is 30.5 Å². The molecule has 2 aromatic heterocycles. The molecule has 2 heterocycles. The van der Waals surface area contributed by atoms with Gasteiger partial charge in [-0.25, -0.2) is 9.50 Å². The Balaban J connectivity index is 2.58. The van der Waals surface area contributed by atoms with E-state index in [1.54, 1.807) is 10.6 Å². The van der Waals surface area contributed by atoms with Crippen LogP contribution in [0.2, 0.25) is 5.15 Å². The predicted octanol–water partition coefficient (Wildman–Crippen LogP) is 2.54. The second-order valence-corrected chi connectivity index (χ2v) is 3.42. The Labute approximate surface area is 84.9 Å². The van der Waals surface area contributed by atoms with Crippen LogP contribution >= 0.6 is 11.6 Å². The van der Waals surface area contributed by atoms with Gasteiger partial charge in [0, 0.05) is 11.6 Å². The van der Waals surface area contributed by atoms with E-state index in [9.17, 15) is 0 Å². The molecule has 3 rings (SSSR count). The number of nitrogens with zero attached hydrogens (tertiary/aromatic N) is 3. The topological polar surface area (TPSA) is 30.2 Å². The number of hydrogen-bond acceptors (Lipinski definition) is 2. The molecule has 0 N–H and O–H groups in total. The standard InChI is InChI=1S/C10H6ClN3/c11-9-5-6-14-10(12-9)7-3-1-2-4-8(7)13-14/h1-6H. The third-order valence-electron chi connectivity index (χ3n) is 2.14. The fraction of sp³-hybridized carbons (Fsp3) is 0. The Hall–Kier alpha value is -1.61. The van der Waals surface area contributed by atoms with Crippen molar-refractivity contribution in [3.63, 3.8) is 0 Å². The predicted molar refractivity (Wildman–Crippen MR) is 55.5 cm³/mol. The van der Waals surface area contributed by atoms with Crippen LogP contribution in [0, 0.1) is 0 Å². The minimum atomic E-state index is 0.489. The van der Waals surface area contributed by atoms with Crippen LogP contribution in [0.5, 0.6) is 0 Å². The summed E-state index contributed by atoms with van der Waals surface area (Å²) >= 11 is 5.82. The highest BCUT2D eigenvalue weighted by molar-refractivity contribution is 6.29. The highest BCUT2D eigenvalue weighted by atomic mass is 35.5. The Morgan fingerprint density at radius 2 is 2.00 bits per heavy atom. The maximum Gasteiger partial charge on any atom is 0.164 e. The van der Waals surface area contributed by atoms with Crippen molar-refractivity contribution in [1.82, 2.24) is 14.6 Å². The number of aromatic nitrogens is 3. The van der Waals surface area contributed by atoms with Crippen molar-refractivity contribution in [2.24, 2.45) is 0 Å². The summed E-state index contributed by atoms with van der Waals surface area (Å²) in [4.78, 5) is 4.23. The molecule has 3 aromatic rings. The summed E-state index contributed by atoms with van der Waals surface area (Å²) in [5.74, 6) is 0. The molecule has 0 unspecified atom stereocenters. The Morgan fingerprint density at radius 3 is 2.93 bits per heavy atom. The largest absolute Gasteiger partial charge is 0.221 e. The van der Waals surface area contributed by atoms with E-state index in [4.69, 9.17) is 11.6 Å². The van der Waals surface area contributed by atoms with E-state index in [0.29, 0.717) is 5.15 Å². The molecule has 0 radical (unpaired) electrons. The van der Waals surface area contributed by atoms with Gasteiger partial charge in [0.25, 0.3) is 0 Å². The zero-order chi connectivity index (χ0) is 9.54. The van der Waals surface area contributed by atoms with Gasteiger partial charge in [-0.05, 0) is 18.2 Å². The van der Waals surface area contributed by atoms with E-state index in [1.165, 1.54) is 0 Å². The van der Waals surface area contributed by atoms with Gasteiger partial charge >= 0.3 is 0 Å². The maximum absolute atomic E-state index is 5.82. The van der Waals surface area contributed by atoms with Gasteiger partial charge in [-0.1, -0.05) is 23.7 Å². The van der Waals surface area contributed by atoms with Crippen molar-refractivity contribution in [3.05, 3.63) is 41.7 Å². The van der Waals surface area contributed by atoms with Crippen LogP contribution < -0.4 is 0 Å². The lowest BCUT2D eigenvalue weighted by atomic mass is 10.2.